The third-order valence-electron chi connectivity index (χ3n) is 8.05. The Morgan fingerprint density at radius 1 is 0.765 bits per heavy atom. The quantitative estimate of drug-likeness (QED) is 0.285. The lowest BCUT2D eigenvalue weighted by molar-refractivity contribution is -0.403. The van der Waals surface area contributed by atoms with Crippen LogP contribution in [0.5, 0.6) is 0 Å². The lowest BCUT2D eigenvalue weighted by Gasteiger charge is -2.21. The molecule has 0 amide bonds. The van der Waals surface area contributed by atoms with Crippen molar-refractivity contribution < 1.29 is 4.58 Å². The Morgan fingerprint density at radius 3 is 2.18 bits per heavy atom. The summed E-state index contributed by atoms with van der Waals surface area (Å²) >= 11 is 0. The van der Waals surface area contributed by atoms with Gasteiger partial charge in [0.15, 0.2) is 5.71 Å². The Bertz CT molecular complexity index is 1580. The number of aliphatic imine (C=N–C) groups is 1. The molecule has 0 spiro atoms. The van der Waals surface area contributed by atoms with Crippen LogP contribution >= 0.6 is 0 Å². The van der Waals surface area contributed by atoms with Crippen molar-refractivity contribution in [1.82, 2.24) is 0 Å². The van der Waals surface area contributed by atoms with Gasteiger partial charge in [-0.15, -0.1) is 0 Å². The zero-order valence-electron chi connectivity index (χ0n) is 20.7. The average molecular weight is 444 g/mol. The van der Waals surface area contributed by atoms with E-state index in [9.17, 15) is 0 Å². The second-order valence-corrected chi connectivity index (χ2v) is 10.7. The lowest BCUT2D eigenvalue weighted by Crippen LogP contribution is -2.28. The van der Waals surface area contributed by atoms with Crippen molar-refractivity contribution in [2.45, 2.75) is 44.9 Å². The Labute approximate surface area is 202 Å². The van der Waals surface area contributed by atoms with E-state index < -0.39 is 0 Å². The summed E-state index contributed by atoms with van der Waals surface area (Å²) in [5.74, 6) is 0. The Morgan fingerprint density at radius 2 is 1.41 bits per heavy atom. The molecule has 0 fully saturated rings. The molecule has 0 saturated heterocycles. The number of hydrogen-bond acceptors (Lipinski definition) is 1. The fourth-order valence-corrected chi connectivity index (χ4v) is 6.10. The van der Waals surface area contributed by atoms with Crippen LogP contribution in [0.4, 0.5) is 11.4 Å². The van der Waals surface area contributed by atoms with Crippen molar-refractivity contribution in [2.75, 3.05) is 7.05 Å². The molecule has 0 aliphatic carbocycles. The first-order valence-corrected chi connectivity index (χ1v) is 12.2. The van der Waals surface area contributed by atoms with Gasteiger partial charge in [-0.1, -0.05) is 80.6 Å². The highest BCUT2D eigenvalue weighted by molar-refractivity contribution is 6.13. The van der Waals surface area contributed by atoms with Crippen LogP contribution in [0.1, 0.15) is 45.2 Å². The number of rotatable bonds is 3. The molecule has 0 aromatic heterocycles. The van der Waals surface area contributed by atoms with E-state index in [-0.39, 0.29) is 10.8 Å². The molecule has 0 atom stereocenters. The zero-order chi connectivity index (χ0) is 23.7. The van der Waals surface area contributed by atoms with Crippen LogP contribution < -0.4 is 0 Å². The SMILES string of the molecule is C[N+]1=C(CC=CC2=Nc3c(ccc4ccccc34)C2(C)C)C(C)(C)c2c1ccc1ccccc21. The summed E-state index contributed by atoms with van der Waals surface area (Å²) in [6.45, 7) is 9.31. The summed E-state index contributed by atoms with van der Waals surface area (Å²) in [6, 6.07) is 26.3. The van der Waals surface area contributed by atoms with Gasteiger partial charge in [0, 0.05) is 28.9 Å². The highest BCUT2D eigenvalue weighted by Gasteiger charge is 2.44. The first kappa shape index (κ1) is 21.0. The van der Waals surface area contributed by atoms with Crippen molar-refractivity contribution in [3.63, 3.8) is 0 Å². The zero-order valence-corrected chi connectivity index (χ0v) is 20.7. The second-order valence-electron chi connectivity index (χ2n) is 10.7. The van der Waals surface area contributed by atoms with E-state index >= 15 is 0 Å². The number of benzene rings is 4. The van der Waals surface area contributed by atoms with Gasteiger partial charge >= 0.3 is 0 Å². The monoisotopic (exact) mass is 443 g/mol. The number of allylic oxidation sites excluding steroid dienone is 2. The summed E-state index contributed by atoms with van der Waals surface area (Å²) in [5, 5.41) is 5.16. The van der Waals surface area contributed by atoms with Crippen molar-refractivity contribution in [2.24, 2.45) is 4.99 Å². The highest BCUT2D eigenvalue weighted by Crippen LogP contribution is 2.46. The summed E-state index contributed by atoms with van der Waals surface area (Å²) in [6.07, 6.45) is 5.47. The number of hydrogen-bond donors (Lipinski definition) is 0. The molecule has 2 heterocycles. The maximum atomic E-state index is 5.14. The van der Waals surface area contributed by atoms with Crippen LogP contribution in [-0.2, 0) is 10.8 Å². The minimum absolute atomic E-state index is 0.0263. The maximum Gasteiger partial charge on any atom is 0.209 e. The Hall–Kier alpha value is -3.52. The van der Waals surface area contributed by atoms with Crippen LogP contribution in [-0.4, -0.2) is 23.0 Å². The van der Waals surface area contributed by atoms with Crippen molar-refractivity contribution in [3.05, 3.63) is 96.1 Å². The minimum Gasteiger partial charge on any atom is -0.252 e. The van der Waals surface area contributed by atoms with E-state index in [0.29, 0.717) is 0 Å². The van der Waals surface area contributed by atoms with Gasteiger partial charge in [0.05, 0.1) is 16.8 Å². The first-order valence-electron chi connectivity index (χ1n) is 12.2. The van der Waals surface area contributed by atoms with E-state index in [4.69, 9.17) is 4.99 Å². The molecule has 4 aromatic carbocycles. The largest absolute Gasteiger partial charge is 0.252 e. The topological polar surface area (TPSA) is 15.4 Å². The Balaban J connectivity index is 1.35. The molecule has 2 aliphatic rings. The second kappa shape index (κ2) is 7.24. The predicted octanol–water partition coefficient (Wildman–Crippen LogP) is 8.01. The Kier molecular flexibility index (Phi) is 4.48. The number of fused-ring (bicyclic) bond motifs is 6. The summed E-state index contributed by atoms with van der Waals surface area (Å²) in [5.41, 5.74) is 7.65. The molecular weight excluding hydrogens is 412 g/mol. The molecule has 0 radical (unpaired) electrons. The van der Waals surface area contributed by atoms with Gasteiger partial charge in [-0.2, -0.15) is 0 Å². The van der Waals surface area contributed by atoms with E-state index in [0.717, 1.165) is 17.8 Å². The van der Waals surface area contributed by atoms with Gasteiger partial charge < -0.3 is 0 Å². The van der Waals surface area contributed by atoms with Gasteiger partial charge in [-0.05, 0) is 47.7 Å². The summed E-state index contributed by atoms with van der Waals surface area (Å²) in [4.78, 5) is 5.14. The maximum absolute atomic E-state index is 5.14. The average Bonchev–Trinajstić information content (AvgIpc) is 3.21. The minimum atomic E-state index is -0.100. The molecule has 34 heavy (non-hydrogen) atoms. The molecule has 4 aromatic rings. The van der Waals surface area contributed by atoms with Crippen LogP contribution in [0.25, 0.3) is 21.5 Å². The smallest absolute Gasteiger partial charge is 0.209 e. The normalized spacial score (nSPS) is 18.1. The molecule has 168 valence electrons. The van der Waals surface area contributed by atoms with Crippen molar-refractivity contribution in [1.29, 1.82) is 0 Å². The van der Waals surface area contributed by atoms with Crippen molar-refractivity contribution >= 4 is 44.3 Å². The molecular formula is C32H31N2+. The fraction of sp³-hybridized carbons (Fsp3) is 0.250. The third kappa shape index (κ3) is 2.88. The van der Waals surface area contributed by atoms with Crippen LogP contribution in [0, 0.1) is 0 Å². The van der Waals surface area contributed by atoms with Crippen molar-refractivity contribution in [3.8, 4) is 0 Å². The van der Waals surface area contributed by atoms with Gasteiger partial charge in [-0.25, -0.2) is 4.58 Å². The third-order valence-corrected chi connectivity index (χ3v) is 8.05. The molecule has 2 aliphatic heterocycles. The number of nitrogens with zero attached hydrogens (tertiary/aromatic N) is 2. The standard InChI is InChI=1S/C32H31N2/c1-31(2)25-19-17-22-12-7-9-14-24(22)30(25)33-27(31)15-10-16-28-32(3,4)29-23-13-8-6-11-21(23)18-20-26(29)34(28)5/h6-15,17-20H,16H2,1-5H3/q+1. The highest BCUT2D eigenvalue weighted by atomic mass is 15.0. The van der Waals surface area contributed by atoms with E-state index in [2.05, 4.69) is 124 Å². The molecule has 0 N–H and O–H groups in total. The van der Waals surface area contributed by atoms with Gasteiger partial charge in [-0.3, -0.25) is 4.99 Å². The molecule has 0 saturated carbocycles. The van der Waals surface area contributed by atoms with Crippen LogP contribution in [0.2, 0.25) is 0 Å². The first-order chi connectivity index (χ1) is 16.3. The fourth-order valence-electron chi connectivity index (χ4n) is 6.10. The molecule has 2 nitrogen and oxygen atoms in total. The molecule has 0 unspecified atom stereocenters. The molecule has 2 heteroatoms. The summed E-state index contributed by atoms with van der Waals surface area (Å²) < 4.78 is 2.40. The molecule has 6 rings (SSSR count). The molecule has 0 bridgehead atoms. The lowest BCUT2D eigenvalue weighted by atomic mass is 9.77. The van der Waals surface area contributed by atoms with E-state index in [1.54, 1.807) is 0 Å². The van der Waals surface area contributed by atoms with Crippen LogP contribution in [0.3, 0.4) is 0 Å². The van der Waals surface area contributed by atoms with E-state index in [1.807, 2.05) is 0 Å². The van der Waals surface area contributed by atoms with Gasteiger partial charge in [0.1, 0.15) is 7.05 Å². The van der Waals surface area contributed by atoms with Gasteiger partial charge in [0.2, 0.25) is 5.69 Å². The van der Waals surface area contributed by atoms with E-state index in [1.165, 1.54) is 44.1 Å². The predicted molar refractivity (Wildman–Crippen MR) is 146 cm³/mol. The summed E-state index contributed by atoms with van der Waals surface area (Å²) in [7, 11) is 2.21. The van der Waals surface area contributed by atoms with Gasteiger partial charge in [0.25, 0.3) is 0 Å². The van der Waals surface area contributed by atoms with Crippen LogP contribution in [0.15, 0.2) is 89.9 Å².